The quantitative estimate of drug-likeness (QED) is 0.697. The number of fused-ring (bicyclic) bond motifs is 1. The average molecular weight is 381 g/mol. The first-order chi connectivity index (χ1) is 13.2. The molecule has 1 saturated heterocycles. The molecule has 1 amide bonds. The Morgan fingerprint density at radius 2 is 2.15 bits per heavy atom. The van der Waals surface area contributed by atoms with Crippen molar-refractivity contribution >= 4 is 28.1 Å². The number of benzene rings is 1. The number of hydrogen-bond acceptors (Lipinski definition) is 5. The van der Waals surface area contributed by atoms with Gasteiger partial charge < -0.3 is 4.90 Å². The molecule has 0 radical (unpaired) electrons. The topological polar surface area (TPSA) is 49.3 Å². The molecule has 27 heavy (non-hydrogen) atoms. The third-order valence-electron chi connectivity index (χ3n) is 5.19. The van der Waals surface area contributed by atoms with Gasteiger partial charge in [-0.2, -0.15) is 0 Å². The Kier molecular flexibility index (Phi) is 5.45. The van der Waals surface area contributed by atoms with Crippen molar-refractivity contribution < 1.29 is 4.79 Å². The highest BCUT2D eigenvalue weighted by molar-refractivity contribution is 7.07. The molecule has 140 valence electrons. The number of rotatable bonds is 4. The van der Waals surface area contributed by atoms with Gasteiger partial charge in [-0.1, -0.05) is 12.1 Å². The van der Waals surface area contributed by atoms with E-state index in [1.54, 1.807) is 18.3 Å². The van der Waals surface area contributed by atoms with Crippen molar-refractivity contribution in [2.45, 2.75) is 19.9 Å². The summed E-state index contributed by atoms with van der Waals surface area (Å²) in [6, 6.07) is 10.6. The van der Waals surface area contributed by atoms with Crippen molar-refractivity contribution in [2.75, 3.05) is 26.2 Å². The highest BCUT2D eigenvalue weighted by Crippen LogP contribution is 2.20. The third-order valence-corrected chi connectivity index (χ3v) is 5.82. The van der Waals surface area contributed by atoms with Crippen LogP contribution < -0.4 is 0 Å². The fourth-order valence-electron chi connectivity index (χ4n) is 3.87. The van der Waals surface area contributed by atoms with Crippen molar-refractivity contribution in [3.05, 3.63) is 58.7 Å². The molecule has 3 heterocycles. The molecule has 1 atom stereocenters. The van der Waals surface area contributed by atoms with E-state index in [0.29, 0.717) is 5.92 Å². The van der Waals surface area contributed by atoms with Crippen molar-refractivity contribution in [1.29, 1.82) is 0 Å². The first-order valence-corrected chi connectivity index (χ1v) is 10.3. The molecule has 0 aliphatic carbocycles. The molecule has 1 unspecified atom stereocenters. The van der Waals surface area contributed by atoms with Gasteiger partial charge in [-0.15, -0.1) is 11.3 Å². The summed E-state index contributed by atoms with van der Waals surface area (Å²) in [4.78, 5) is 25.3. The number of amides is 1. The summed E-state index contributed by atoms with van der Waals surface area (Å²) >= 11 is 1.64. The molecule has 1 aliphatic heterocycles. The molecular formula is C21H24N4OS. The smallest absolute Gasteiger partial charge is 0.219 e. The molecule has 1 aliphatic rings. The van der Waals surface area contributed by atoms with Crippen molar-refractivity contribution in [3.8, 4) is 0 Å². The highest BCUT2D eigenvalue weighted by atomic mass is 32.1. The summed E-state index contributed by atoms with van der Waals surface area (Å²) in [6.45, 7) is 6.01. The number of thiazole rings is 1. The van der Waals surface area contributed by atoms with Gasteiger partial charge in [-0.3, -0.25) is 14.7 Å². The average Bonchev–Trinajstić information content (AvgIpc) is 3.09. The van der Waals surface area contributed by atoms with Gasteiger partial charge in [0.25, 0.3) is 0 Å². The first-order valence-electron chi connectivity index (χ1n) is 9.36. The molecule has 1 aromatic carbocycles. The summed E-state index contributed by atoms with van der Waals surface area (Å²) in [7, 11) is 0. The standard InChI is InChI=1S/C21H24N4OS/c1-16(26)25-8-7-24(13-20-14-27-15-23-20)11-18(12-25)9-17-4-5-21-19(10-17)3-2-6-22-21/h2-6,10,14-15,18H,7-9,11-13H2,1H3. The van der Waals surface area contributed by atoms with E-state index in [1.807, 2.05) is 22.7 Å². The highest BCUT2D eigenvalue weighted by Gasteiger charge is 2.24. The lowest BCUT2D eigenvalue weighted by molar-refractivity contribution is -0.129. The molecule has 5 nitrogen and oxygen atoms in total. The normalized spacial score (nSPS) is 18.6. The zero-order valence-electron chi connectivity index (χ0n) is 15.5. The van der Waals surface area contributed by atoms with Gasteiger partial charge in [0.05, 0.1) is 16.7 Å². The van der Waals surface area contributed by atoms with E-state index in [0.717, 1.165) is 50.4 Å². The number of carbonyl (C=O) groups excluding carboxylic acids is 1. The second-order valence-electron chi connectivity index (χ2n) is 7.28. The van der Waals surface area contributed by atoms with E-state index in [9.17, 15) is 4.79 Å². The minimum atomic E-state index is 0.165. The fraction of sp³-hybridized carbons (Fsp3) is 0.381. The van der Waals surface area contributed by atoms with Crippen LogP contribution in [0.4, 0.5) is 0 Å². The Balaban J connectivity index is 1.52. The van der Waals surface area contributed by atoms with Crippen LogP contribution in [0.15, 0.2) is 47.4 Å². The number of carbonyl (C=O) groups is 1. The first kappa shape index (κ1) is 18.1. The molecule has 0 N–H and O–H groups in total. The molecule has 2 aromatic heterocycles. The summed E-state index contributed by atoms with van der Waals surface area (Å²) in [6.07, 6.45) is 2.79. The Hall–Kier alpha value is -2.31. The zero-order valence-corrected chi connectivity index (χ0v) is 16.4. The molecular weight excluding hydrogens is 356 g/mol. The van der Waals surface area contributed by atoms with Gasteiger partial charge in [-0.05, 0) is 36.1 Å². The summed E-state index contributed by atoms with van der Waals surface area (Å²) in [5.41, 5.74) is 5.33. The maximum absolute atomic E-state index is 12.0. The monoisotopic (exact) mass is 380 g/mol. The number of aromatic nitrogens is 2. The Labute approximate surface area is 163 Å². The van der Waals surface area contributed by atoms with E-state index in [-0.39, 0.29) is 5.91 Å². The Morgan fingerprint density at radius 3 is 2.96 bits per heavy atom. The summed E-state index contributed by atoms with van der Waals surface area (Å²) in [5.74, 6) is 0.572. The molecule has 6 heteroatoms. The Morgan fingerprint density at radius 1 is 1.22 bits per heavy atom. The van der Waals surface area contributed by atoms with E-state index in [2.05, 4.69) is 44.5 Å². The summed E-state index contributed by atoms with van der Waals surface area (Å²) < 4.78 is 0. The van der Waals surface area contributed by atoms with Crippen molar-refractivity contribution in [3.63, 3.8) is 0 Å². The van der Waals surface area contributed by atoms with Gasteiger partial charge >= 0.3 is 0 Å². The molecule has 0 bridgehead atoms. The van der Waals surface area contributed by atoms with Gasteiger partial charge in [-0.25, -0.2) is 4.98 Å². The SMILES string of the molecule is CC(=O)N1CCN(Cc2cscn2)CC(Cc2ccc3ncccc3c2)C1. The second-order valence-corrected chi connectivity index (χ2v) is 8.00. The lowest BCUT2D eigenvalue weighted by atomic mass is 9.97. The number of nitrogens with zero attached hydrogens (tertiary/aromatic N) is 4. The van der Waals surface area contributed by atoms with Crippen LogP contribution in [0.1, 0.15) is 18.2 Å². The molecule has 0 spiro atoms. The minimum Gasteiger partial charge on any atom is -0.341 e. The van der Waals surface area contributed by atoms with Gasteiger partial charge in [0, 0.05) is 56.6 Å². The van der Waals surface area contributed by atoms with E-state index in [1.165, 1.54) is 10.9 Å². The van der Waals surface area contributed by atoms with Crippen LogP contribution in [0.25, 0.3) is 10.9 Å². The molecule has 4 rings (SSSR count). The van der Waals surface area contributed by atoms with Gasteiger partial charge in [0.1, 0.15) is 0 Å². The molecule has 1 fully saturated rings. The van der Waals surface area contributed by atoms with Crippen LogP contribution in [0.5, 0.6) is 0 Å². The van der Waals surface area contributed by atoms with Crippen LogP contribution in [-0.4, -0.2) is 51.9 Å². The maximum atomic E-state index is 12.0. The van der Waals surface area contributed by atoms with Crippen LogP contribution in [0.3, 0.4) is 0 Å². The van der Waals surface area contributed by atoms with Gasteiger partial charge in [0.2, 0.25) is 5.91 Å². The van der Waals surface area contributed by atoms with Gasteiger partial charge in [0.15, 0.2) is 0 Å². The lowest BCUT2D eigenvalue weighted by Crippen LogP contribution is -2.34. The van der Waals surface area contributed by atoms with Crippen molar-refractivity contribution in [1.82, 2.24) is 19.8 Å². The molecule has 0 saturated carbocycles. The van der Waals surface area contributed by atoms with E-state index < -0.39 is 0 Å². The van der Waals surface area contributed by atoms with Crippen LogP contribution >= 0.6 is 11.3 Å². The predicted octanol–water partition coefficient (Wildman–Crippen LogP) is 3.21. The van der Waals surface area contributed by atoms with E-state index >= 15 is 0 Å². The largest absolute Gasteiger partial charge is 0.341 e. The Bertz CT molecular complexity index is 911. The van der Waals surface area contributed by atoms with Crippen LogP contribution in [-0.2, 0) is 17.8 Å². The fourth-order valence-corrected chi connectivity index (χ4v) is 4.42. The minimum absolute atomic E-state index is 0.165. The van der Waals surface area contributed by atoms with Crippen LogP contribution in [0.2, 0.25) is 0 Å². The second kappa shape index (κ2) is 8.15. The zero-order chi connectivity index (χ0) is 18.6. The predicted molar refractivity (Wildman–Crippen MR) is 109 cm³/mol. The number of hydrogen-bond donors (Lipinski definition) is 0. The number of pyridine rings is 1. The molecule has 3 aromatic rings. The summed E-state index contributed by atoms with van der Waals surface area (Å²) in [5, 5.41) is 3.28. The van der Waals surface area contributed by atoms with Crippen LogP contribution in [0, 0.1) is 5.92 Å². The van der Waals surface area contributed by atoms with Crippen molar-refractivity contribution in [2.24, 2.45) is 5.92 Å². The van der Waals surface area contributed by atoms with E-state index in [4.69, 9.17) is 0 Å². The third kappa shape index (κ3) is 4.51. The maximum Gasteiger partial charge on any atom is 0.219 e. The lowest BCUT2D eigenvalue weighted by Gasteiger charge is -2.24.